The van der Waals surface area contributed by atoms with Crippen molar-refractivity contribution in [2.24, 2.45) is 0 Å². The third-order valence-corrected chi connectivity index (χ3v) is 4.38. The molecule has 0 saturated heterocycles. The number of anilines is 1. The van der Waals surface area contributed by atoms with Crippen molar-refractivity contribution < 1.29 is 14.0 Å². The van der Waals surface area contributed by atoms with Gasteiger partial charge in [-0.3, -0.25) is 9.59 Å². The largest absolute Gasteiger partial charge is 0.436 e. The van der Waals surface area contributed by atoms with Crippen LogP contribution in [0.3, 0.4) is 0 Å². The molecular formula is C23H19N3O3. The molecule has 4 aromatic rings. The number of oxazole rings is 1. The molecule has 0 atom stereocenters. The Hall–Kier alpha value is -3.93. The minimum atomic E-state index is -0.193. The maximum absolute atomic E-state index is 12.1. The zero-order valence-electron chi connectivity index (χ0n) is 15.6. The van der Waals surface area contributed by atoms with Crippen molar-refractivity contribution in [1.29, 1.82) is 0 Å². The predicted octanol–water partition coefficient (Wildman–Crippen LogP) is 4.25. The van der Waals surface area contributed by atoms with Crippen molar-refractivity contribution in [3.8, 4) is 11.5 Å². The summed E-state index contributed by atoms with van der Waals surface area (Å²) in [6.45, 7) is 0.264. The molecule has 1 heterocycles. The number of benzene rings is 3. The Morgan fingerprint density at radius 2 is 1.59 bits per heavy atom. The first-order valence-electron chi connectivity index (χ1n) is 9.28. The molecule has 2 N–H and O–H groups in total. The van der Waals surface area contributed by atoms with Crippen molar-refractivity contribution >= 4 is 28.6 Å². The number of nitrogens with one attached hydrogen (secondary N) is 2. The van der Waals surface area contributed by atoms with Crippen LogP contribution >= 0.6 is 0 Å². The highest BCUT2D eigenvalue weighted by molar-refractivity contribution is 5.95. The molecule has 0 saturated carbocycles. The van der Waals surface area contributed by atoms with Crippen LogP contribution in [0.25, 0.3) is 22.6 Å². The molecular weight excluding hydrogens is 366 g/mol. The maximum atomic E-state index is 12.1. The van der Waals surface area contributed by atoms with Crippen LogP contribution in [-0.4, -0.2) is 23.3 Å². The monoisotopic (exact) mass is 385 g/mol. The van der Waals surface area contributed by atoms with E-state index in [0.717, 1.165) is 16.7 Å². The number of hydrogen-bond acceptors (Lipinski definition) is 4. The van der Waals surface area contributed by atoms with Gasteiger partial charge in [-0.05, 0) is 48.5 Å². The Morgan fingerprint density at radius 3 is 2.34 bits per heavy atom. The first kappa shape index (κ1) is 18.4. The Balaban J connectivity index is 1.30. The zero-order chi connectivity index (χ0) is 20.1. The van der Waals surface area contributed by atoms with Crippen molar-refractivity contribution in [1.82, 2.24) is 10.3 Å². The molecule has 0 aliphatic heterocycles. The summed E-state index contributed by atoms with van der Waals surface area (Å²) >= 11 is 0. The molecule has 0 aliphatic carbocycles. The minimum Gasteiger partial charge on any atom is -0.436 e. The molecule has 0 bridgehead atoms. The summed E-state index contributed by atoms with van der Waals surface area (Å²) in [5, 5.41) is 5.56. The lowest BCUT2D eigenvalue weighted by Gasteiger charge is -2.07. The van der Waals surface area contributed by atoms with Gasteiger partial charge in [0.25, 0.3) is 5.91 Å². The van der Waals surface area contributed by atoms with E-state index in [1.54, 1.807) is 36.4 Å². The standard InChI is InChI=1S/C23H19N3O3/c27-21(14-15-24-22(28)16-6-2-1-3-7-16)25-18-12-10-17(11-13-18)23-26-19-8-4-5-9-20(19)29-23/h1-13H,14-15H2,(H,24,28)(H,25,27). The van der Waals surface area contributed by atoms with E-state index in [1.807, 2.05) is 42.5 Å². The lowest BCUT2D eigenvalue weighted by Crippen LogP contribution is -2.27. The molecule has 3 aromatic carbocycles. The average molecular weight is 385 g/mol. The van der Waals surface area contributed by atoms with E-state index in [9.17, 15) is 9.59 Å². The molecule has 29 heavy (non-hydrogen) atoms. The lowest BCUT2D eigenvalue weighted by molar-refractivity contribution is -0.116. The van der Waals surface area contributed by atoms with Gasteiger partial charge in [0.1, 0.15) is 5.52 Å². The smallest absolute Gasteiger partial charge is 0.251 e. The Kier molecular flexibility index (Phi) is 5.33. The van der Waals surface area contributed by atoms with Gasteiger partial charge in [-0.25, -0.2) is 4.98 Å². The number of carbonyl (C=O) groups excluding carboxylic acids is 2. The van der Waals surface area contributed by atoms with E-state index >= 15 is 0 Å². The van der Waals surface area contributed by atoms with E-state index in [2.05, 4.69) is 15.6 Å². The first-order chi connectivity index (χ1) is 14.2. The molecule has 0 aliphatic rings. The van der Waals surface area contributed by atoms with Crippen molar-refractivity contribution in [3.63, 3.8) is 0 Å². The molecule has 4 rings (SSSR count). The van der Waals surface area contributed by atoms with Crippen LogP contribution in [0.2, 0.25) is 0 Å². The zero-order valence-corrected chi connectivity index (χ0v) is 15.6. The maximum Gasteiger partial charge on any atom is 0.251 e. The average Bonchev–Trinajstić information content (AvgIpc) is 3.19. The van der Waals surface area contributed by atoms with Crippen LogP contribution in [-0.2, 0) is 4.79 Å². The number of carbonyl (C=O) groups is 2. The molecule has 0 spiro atoms. The summed E-state index contributed by atoms with van der Waals surface area (Å²) in [5.41, 5.74) is 3.61. The van der Waals surface area contributed by atoms with E-state index in [1.165, 1.54) is 0 Å². The highest BCUT2D eigenvalue weighted by Crippen LogP contribution is 2.25. The van der Waals surface area contributed by atoms with Gasteiger partial charge in [0.2, 0.25) is 11.8 Å². The molecule has 1 aromatic heterocycles. The van der Waals surface area contributed by atoms with Crippen LogP contribution in [0.5, 0.6) is 0 Å². The highest BCUT2D eigenvalue weighted by atomic mass is 16.3. The first-order valence-corrected chi connectivity index (χ1v) is 9.28. The van der Waals surface area contributed by atoms with Gasteiger partial charge in [-0.15, -0.1) is 0 Å². The number of fused-ring (bicyclic) bond motifs is 1. The molecule has 144 valence electrons. The number of aromatic nitrogens is 1. The Labute approximate surface area is 167 Å². The van der Waals surface area contributed by atoms with Gasteiger partial charge >= 0.3 is 0 Å². The molecule has 0 unspecified atom stereocenters. The highest BCUT2D eigenvalue weighted by Gasteiger charge is 2.09. The summed E-state index contributed by atoms with van der Waals surface area (Å²) in [4.78, 5) is 28.5. The minimum absolute atomic E-state index is 0.173. The normalized spacial score (nSPS) is 10.6. The van der Waals surface area contributed by atoms with E-state index in [4.69, 9.17) is 4.42 Å². The summed E-state index contributed by atoms with van der Waals surface area (Å²) in [6, 6.07) is 23.8. The molecule has 6 nitrogen and oxygen atoms in total. The van der Waals surface area contributed by atoms with Crippen LogP contribution < -0.4 is 10.6 Å². The van der Waals surface area contributed by atoms with Crippen LogP contribution in [0.4, 0.5) is 5.69 Å². The number of amides is 2. The van der Waals surface area contributed by atoms with Crippen molar-refractivity contribution in [2.45, 2.75) is 6.42 Å². The topological polar surface area (TPSA) is 84.2 Å². The SMILES string of the molecule is O=C(CCNC(=O)c1ccccc1)Nc1ccc(-c2nc3ccccc3o2)cc1. The second kappa shape index (κ2) is 8.39. The number of nitrogens with zero attached hydrogens (tertiary/aromatic N) is 1. The fourth-order valence-corrected chi connectivity index (χ4v) is 2.90. The van der Waals surface area contributed by atoms with E-state index < -0.39 is 0 Å². The van der Waals surface area contributed by atoms with Crippen LogP contribution in [0.15, 0.2) is 83.3 Å². The third kappa shape index (κ3) is 4.50. The van der Waals surface area contributed by atoms with Crippen molar-refractivity contribution in [2.75, 3.05) is 11.9 Å². The van der Waals surface area contributed by atoms with Crippen LogP contribution in [0, 0.1) is 0 Å². The number of para-hydroxylation sites is 2. The summed E-state index contributed by atoms with van der Waals surface area (Å²) in [7, 11) is 0. The second-order valence-electron chi connectivity index (χ2n) is 6.48. The van der Waals surface area contributed by atoms with Crippen LogP contribution in [0.1, 0.15) is 16.8 Å². The molecule has 6 heteroatoms. The van der Waals surface area contributed by atoms with Gasteiger partial charge in [-0.1, -0.05) is 30.3 Å². The third-order valence-electron chi connectivity index (χ3n) is 4.38. The van der Waals surface area contributed by atoms with E-state index in [-0.39, 0.29) is 24.8 Å². The van der Waals surface area contributed by atoms with E-state index in [0.29, 0.717) is 17.1 Å². The molecule has 0 fully saturated rings. The van der Waals surface area contributed by atoms with Gasteiger partial charge in [-0.2, -0.15) is 0 Å². The Morgan fingerprint density at radius 1 is 0.862 bits per heavy atom. The van der Waals surface area contributed by atoms with Gasteiger partial charge in [0, 0.05) is 29.8 Å². The number of hydrogen-bond donors (Lipinski definition) is 2. The second-order valence-corrected chi connectivity index (χ2v) is 6.48. The van der Waals surface area contributed by atoms with Crippen molar-refractivity contribution in [3.05, 3.63) is 84.4 Å². The molecule has 2 amide bonds. The summed E-state index contributed by atoms with van der Waals surface area (Å²) < 4.78 is 5.75. The summed E-state index contributed by atoms with van der Waals surface area (Å²) in [5.74, 6) is 0.168. The van der Waals surface area contributed by atoms with Gasteiger partial charge < -0.3 is 15.1 Å². The predicted molar refractivity (Wildman–Crippen MR) is 111 cm³/mol. The fourth-order valence-electron chi connectivity index (χ4n) is 2.90. The number of rotatable bonds is 6. The molecule has 0 radical (unpaired) electrons. The Bertz CT molecular complexity index is 1100. The fraction of sp³-hybridized carbons (Fsp3) is 0.0870. The lowest BCUT2D eigenvalue weighted by atomic mass is 10.2. The van der Waals surface area contributed by atoms with Gasteiger partial charge in [0.05, 0.1) is 0 Å². The summed E-state index contributed by atoms with van der Waals surface area (Å²) in [6.07, 6.45) is 0.186. The quantitative estimate of drug-likeness (QED) is 0.520. The van der Waals surface area contributed by atoms with Gasteiger partial charge in [0.15, 0.2) is 5.58 Å².